The van der Waals surface area contributed by atoms with E-state index in [1.54, 1.807) is 36.4 Å². The number of hydrogen-bond acceptors (Lipinski definition) is 4. The number of amides is 1. The summed E-state index contributed by atoms with van der Waals surface area (Å²) >= 11 is 6.07. The molecule has 30 heavy (non-hydrogen) atoms. The molecule has 1 aliphatic heterocycles. The predicted molar refractivity (Wildman–Crippen MR) is 118 cm³/mol. The van der Waals surface area contributed by atoms with Crippen molar-refractivity contribution in [2.75, 3.05) is 30.9 Å². The Morgan fingerprint density at radius 2 is 1.67 bits per heavy atom. The Labute approximate surface area is 182 Å². The van der Waals surface area contributed by atoms with E-state index in [1.807, 2.05) is 4.90 Å². The lowest BCUT2D eigenvalue weighted by atomic mass is 10.1. The Bertz CT molecular complexity index is 1010. The molecule has 1 amide bonds. The Morgan fingerprint density at radius 1 is 0.967 bits per heavy atom. The van der Waals surface area contributed by atoms with Gasteiger partial charge in [0, 0.05) is 37.8 Å². The number of nitrogens with zero attached hydrogens (tertiary/aromatic N) is 2. The highest BCUT2D eigenvalue weighted by molar-refractivity contribution is 7.92. The van der Waals surface area contributed by atoms with Crippen LogP contribution in [0.3, 0.4) is 0 Å². The number of sulfonamides is 1. The van der Waals surface area contributed by atoms with E-state index < -0.39 is 10.0 Å². The number of halogens is 1. The summed E-state index contributed by atoms with van der Waals surface area (Å²) in [6.07, 6.45) is 5.11. The minimum atomic E-state index is -3.86. The second-order valence-electron chi connectivity index (χ2n) is 7.88. The zero-order chi connectivity index (χ0) is 21.1. The summed E-state index contributed by atoms with van der Waals surface area (Å²) in [6, 6.07) is 13.5. The summed E-state index contributed by atoms with van der Waals surface area (Å²) in [4.78, 5) is 17.3. The molecule has 1 saturated carbocycles. The standard InChI is InChI=1S/C22H26ClN3O3S/c23-20-10-3-4-11-21(20)24-30(28,29)19-9-5-6-17(16-19)22(27)26-14-12-25(13-15-26)18-7-1-2-8-18/h3-6,9-11,16,18,24H,1-2,7-8,12-15H2. The molecule has 1 heterocycles. The molecular formula is C22H26ClN3O3S. The molecule has 0 spiro atoms. The highest BCUT2D eigenvalue weighted by atomic mass is 35.5. The summed E-state index contributed by atoms with van der Waals surface area (Å²) in [5.41, 5.74) is 0.685. The molecule has 1 aliphatic carbocycles. The van der Waals surface area contributed by atoms with Crippen LogP contribution in [-0.2, 0) is 10.0 Å². The lowest BCUT2D eigenvalue weighted by molar-refractivity contribution is 0.0573. The monoisotopic (exact) mass is 447 g/mol. The molecule has 4 rings (SSSR count). The van der Waals surface area contributed by atoms with Gasteiger partial charge in [0.25, 0.3) is 15.9 Å². The van der Waals surface area contributed by atoms with Gasteiger partial charge in [0.05, 0.1) is 15.6 Å². The number of rotatable bonds is 5. The van der Waals surface area contributed by atoms with Gasteiger partial charge in [-0.1, -0.05) is 42.6 Å². The summed E-state index contributed by atoms with van der Waals surface area (Å²) in [5.74, 6) is -0.129. The first kappa shape index (κ1) is 21.2. The summed E-state index contributed by atoms with van der Waals surface area (Å²) < 4.78 is 28.1. The van der Waals surface area contributed by atoms with Gasteiger partial charge >= 0.3 is 0 Å². The Hall–Kier alpha value is -2.09. The van der Waals surface area contributed by atoms with Crippen molar-refractivity contribution in [3.8, 4) is 0 Å². The predicted octanol–water partition coefficient (Wildman–Crippen LogP) is 3.84. The normalized spacial score (nSPS) is 18.5. The molecule has 0 unspecified atom stereocenters. The smallest absolute Gasteiger partial charge is 0.261 e. The summed E-state index contributed by atoms with van der Waals surface area (Å²) in [7, 11) is -3.86. The first-order chi connectivity index (χ1) is 14.4. The van der Waals surface area contributed by atoms with Crippen molar-refractivity contribution in [2.45, 2.75) is 36.6 Å². The molecule has 0 aromatic heterocycles. The average Bonchev–Trinajstić information content (AvgIpc) is 3.30. The van der Waals surface area contributed by atoms with Gasteiger partial charge in [-0.25, -0.2) is 8.42 Å². The van der Waals surface area contributed by atoms with Crippen molar-refractivity contribution >= 4 is 33.2 Å². The van der Waals surface area contributed by atoms with Crippen LogP contribution in [0.25, 0.3) is 0 Å². The maximum Gasteiger partial charge on any atom is 0.261 e. The van der Waals surface area contributed by atoms with E-state index in [0.717, 1.165) is 13.1 Å². The van der Waals surface area contributed by atoms with Gasteiger partial charge in [-0.2, -0.15) is 0 Å². The third-order valence-electron chi connectivity index (χ3n) is 5.95. The van der Waals surface area contributed by atoms with E-state index in [0.29, 0.717) is 35.4 Å². The highest BCUT2D eigenvalue weighted by Gasteiger charge is 2.28. The number of carbonyl (C=O) groups excluding carboxylic acids is 1. The fourth-order valence-electron chi connectivity index (χ4n) is 4.29. The number of benzene rings is 2. The van der Waals surface area contributed by atoms with Crippen molar-refractivity contribution in [1.82, 2.24) is 9.80 Å². The fraction of sp³-hybridized carbons (Fsp3) is 0.409. The third-order valence-corrected chi connectivity index (χ3v) is 7.64. The van der Waals surface area contributed by atoms with E-state index in [-0.39, 0.29) is 10.8 Å². The Morgan fingerprint density at radius 3 is 2.37 bits per heavy atom. The molecule has 160 valence electrons. The van der Waals surface area contributed by atoms with Gasteiger partial charge < -0.3 is 4.90 Å². The minimum absolute atomic E-state index is 0.0397. The maximum absolute atomic E-state index is 13.0. The van der Waals surface area contributed by atoms with Crippen LogP contribution in [0.4, 0.5) is 5.69 Å². The van der Waals surface area contributed by atoms with Crippen LogP contribution >= 0.6 is 11.6 Å². The van der Waals surface area contributed by atoms with E-state index >= 15 is 0 Å². The lowest BCUT2D eigenvalue weighted by Gasteiger charge is -2.38. The van der Waals surface area contributed by atoms with Crippen LogP contribution in [0.15, 0.2) is 53.4 Å². The minimum Gasteiger partial charge on any atom is -0.336 e. The van der Waals surface area contributed by atoms with Crippen molar-refractivity contribution in [3.05, 3.63) is 59.1 Å². The highest BCUT2D eigenvalue weighted by Crippen LogP contribution is 2.26. The van der Waals surface area contributed by atoms with Crippen LogP contribution in [0.2, 0.25) is 5.02 Å². The van der Waals surface area contributed by atoms with E-state index in [2.05, 4.69) is 9.62 Å². The fourth-order valence-corrected chi connectivity index (χ4v) is 5.65. The van der Waals surface area contributed by atoms with Gasteiger partial charge in [-0.05, 0) is 43.2 Å². The first-order valence-electron chi connectivity index (χ1n) is 10.3. The Kier molecular flexibility index (Phi) is 6.32. The second-order valence-corrected chi connectivity index (χ2v) is 9.97. The quantitative estimate of drug-likeness (QED) is 0.756. The molecule has 0 radical (unpaired) electrons. The molecular weight excluding hydrogens is 422 g/mol. The van der Waals surface area contributed by atoms with Crippen LogP contribution < -0.4 is 4.72 Å². The zero-order valence-electron chi connectivity index (χ0n) is 16.8. The number of carbonyl (C=O) groups is 1. The lowest BCUT2D eigenvalue weighted by Crippen LogP contribution is -2.51. The van der Waals surface area contributed by atoms with Gasteiger partial charge in [0.15, 0.2) is 0 Å². The van der Waals surface area contributed by atoms with Crippen molar-refractivity contribution in [3.63, 3.8) is 0 Å². The molecule has 2 aliphatic rings. The summed E-state index contributed by atoms with van der Waals surface area (Å²) in [6.45, 7) is 3.10. The van der Waals surface area contributed by atoms with Crippen LogP contribution in [-0.4, -0.2) is 56.3 Å². The molecule has 0 bridgehead atoms. The molecule has 8 heteroatoms. The van der Waals surface area contributed by atoms with Crippen molar-refractivity contribution in [2.24, 2.45) is 0 Å². The molecule has 2 aromatic carbocycles. The average molecular weight is 448 g/mol. The first-order valence-corrected chi connectivity index (χ1v) is 12.2. The number of para-hydroxylation sites is 1. The number of nitrogens with one attached hydrogen (secondary N) is 1. The molecule has 6 nitrogen and oxygen atoms in total. The second kappa shape index (κ2) is 8.96. The van der Waals surface area contributed by atoms with E-state index in [9.17, 15) is 13.2 Å². The zero-order valence-corrected chi connectivity index (χ0v) is 18.3. The van der Waals surface area contributed by atoms with Crippen molar-refractivity contribution in [1.29, 1.82) is 0 Å². The van der Waals surface area contributed by atoms with Gasteiger partial charge in [-0.15, -0.1) is 0 Å². The van der Waals surface area contributed by atoms with Crippen molar-refractivity contribution < 1.29 is 13.2 Å². The number of anilines is 1. The van der Waals surface area contributed by atoms with Gasteiger partial charge in [0.2, 0.25) is 0 Å². The van der Waals surface area contributed by atoms with Crippen LogP contribution in [0, 0.1) is 0 Å². The van der Waals surface area contributed by atoms with E-state index in [4.69, 9.17) is 11.6 Å². The number of hydrogen-bond donors (Lipinski definition) is 1. The third kappa shape index (κ3) is 4.63. The van der Waals surface area contributed by atoms with E-state index in [1.165, 1.54) is 37.8 Å². The maximum atomic E-state index is 13.0. The molecule has 0 atom stereocenters. The van der Waals surface area contributed by atoms with Crippen LogP contribution in [0.5, 0.6) is 0 Å². The summed E-state index contributed by atoms with van der Waals surface area (Å²) in [5, 5.41) is 0.313. The number of piperazine rings is 1. The molecule has 2 fully saturated rings. The topological polar surface area (TPSA) is 69.7 Å². The molecule has 2 aromatic rings. The molecule has 1 N–H and O–H groups in total. The van der Waals surface area contributed by atoms with Gasteiger partial charge in [0.1, 0.15) is 0 Å². The molecule has 1 saturated heterocycles. The SMILES string of the molecule is O=C(c1cccc(S(=O)(=O)Nc2ccccc2Cl)c1)N1CCN(C2CCCC2)CC1. The van der Waals surface area contributed by atoms with Gasteiger partial charge in [-0.3, -0.25) is 14.4 Å². The Balaban J connectivity index is 1.45. The largest absolute Gasteiger partial charge is 0.336 e. The van der Waals surface area contributed by atoms with Crippen LogP contribution in [0.1, 0.15) is 36.0 Å².